The number of aryl methyl sites for hydroxylation is 1. The van der Waals surface area contributed by atoms with E-state index in [0.717, 1.165) is 39.2 Å². The van der Waals surface area contributed by atoms with Crippen LogP contribution in [0.15, 0.2) is 97.2 Å². The SMILES string of the molecule is Cc1cc[c-]c(-c2cccc(C=[C-]c3ccc4ccccc4c3-c3ccccn3)n2)c1.[Pt+2]. The zero-order valence-electron chi connectivity index (χ0n) is 17.5. The van der Waals surface area contributed by atoms with Gasteiger partial charge in [-0.05, 0) is 28.9 Å². The van der Waals surface area contributed by atoms with Crippen molar-refractivity contribution < 1.29 is 21.1 Å². The molecule has 32 heavy (non-hydrogen) atoms. The third-order valence-corrected chi connectivity index (χ3v) is 5.23. The summed E-state index contributed by atoms with van der Waals surface area (Å²) in [7, 11) is 0. The maximum atomic E-state index is 4.80. The van der Waals surface area contributed by atoms with Gasteiger partial charge in [-0.1, -0.05) is 72.5 Å². The minimum atomic E-state index is 0. The Kier molecular flexibility index (Phi) is 6.73. The summed E-state index contributed by atoms with van der Waals surface area (Å²) >= 11 is 0. The molecule has 0 saturated carbocycles. The zero-order valence-corrected chi connectivity index (χ0v) is 19.8. The molecule has 0 saturated heterocycles. The van der Waals surface area contributed by atoms with Crippen LogP contribution in [0.1, 0.15) is 16.8 Å². The molecular weight excluding hydrogens is 571 g/mol. The predicted octanol–water partition coefficient (Wildman–Crippen LogP) is 6.93. The molecule has 0 bridgehead atoms. The normalized spacial score (nSPS) is 10.9. The van der Waals surface area contributed by atoms with Crippen molar-refractivity contribution in [2.75, 3.05) is 0 Å². The van der Waals surface area contributed by atoms with E-state index in [-0.39, 0.29) is 21.1 Å². The van der Waals surface area contributed by atoms with E-state index in [4.69, 9.17) is 4.98 Å². The van der Waals surface area contributed by atoms with Crippen LogP contribution in [0.25, 0.3) is 39.4 Å². The average molecular weight is 592 g/mol. The summed E-state index contributed by atoms with van der Waals surface area (Å²) in [5.41, 5.74) is 6.96. The third kappa shape index (κ3) is 4.61. The van der Waals surface area contributed by atoms with Gasteiger partial charge in [0.15, 0.2) is 0 Å². The van der Waals surface area contributed by atoms with Gasteiger partial charge in [0.25, 0.3) is 0 Å². The fourth-order valence-corrected chi connectivity index (χ4v) is 3.74. The summed E-state index contributed by atoms with van der Waals surface area (Å²) in [5.74, 6) is 0. The van der Waals surface area contributed by atoms with Crippen LogP contribution < -0.4 is 0 Å². The molecule has 0 spiro atoms. The average Bonchev–Trinajstić information content (AvgIpc) is 2.83. The van der Waals surface area contributed by atoms with Crippen molar-refractivity contribution in [3.8, 4) is 22.5 Å². The Morgan fingerprint density at radius 1 is 0.844 bits per heavy atom. The first-order valence-corrected chi connectivity index (χ1v) is 10.3. The molecule has 3 heteroatoms. The number of hydrogen-bond acceptors (Lipinski definition) is 2. The number of fused-ring (bicyclic) bond motifs is 1. The minimum Gasteiger partial charge on any atom is -0.345 e. The van der Waals surface area contributed by atoms with Gasteiger partial charge in [-0.3, -0.25) is 4.98 Å². The quantitative estimate of drug-likeness (QED) is 0.212. The van der Waals surface area contributed by atoms with E-state index in [9.17, 15) is 0 Å². The molecule has 0 fully saturated rings. The summed E-state index contributed by atoms with van der Waals surface area (Å²) in [6.07, 6.45) is 7.24. The van der Waals surface area contributed by atoms with Gasteiger partial charge in [0.05, 0.1) is 0 Å². The van der Waals surface area contributed by atoms with Crippen molar-refractivity contribution in [1.29, 1.82) is 0 Å². The third-order valence-electron chi connectivity index (χ3n) is 5.23. The van der Waals surface area contributed by atoms with Crippen LogP contribution >= 0.6 is 0 Å². The van der Waals surface area contributed by atoms with Crippen LogP contribution in [0.5, 0.6) is 0 Å². The van der Waals surface area contributed by atoms with Crippen LogP contribution in [0.3, 0.4) is 0 Å². The van der Waals surface area contributed by atoms with Crippen LogP contribution in [-0.2, 0) is 21.1 Å². The Hall–Kier alpha value is -3.35. The first kappa shape index (κ1) is 21.9. The Labute approximate surface area is 203 Å². The van der Waals surface area contributed by atoms with E-state index in [0.29, 0.717) is 0 Å². The molecule has 5 rings (SSSR count). The van der Waals surface area contributed by atoms with E-state index < -0.39 is 0 Å². The number of aromatic nitrogens is 2. The monoisotopic (exact) mass is 591 g/mol. The summed E-state index contributed by atoms with van der Waals surface area (Å²) < 4.78 is 0. The van der Waals surface area contributed by atoms with E-state index >= 15 is 0 Å². The molecule has 2 nitrogen and oxygen atoms in total. The molecular formula is C29H20N2Pt. The predicted molar refractivity (Wildman–Crippen MR) is 127 cm³/mol. The number of pyridine rings is 2. The fourth-order valence-electron chi connectivity index (χ4n) is 3.74. The molecule has 0 aliphatic heterocycles. The summed E-state index contributed by atoms with van der Waals surface area (Å²) in [6, 6.07) is 34.0. The molecule has 3 aromatic carbocycles. The van der Waals surface area contributed by atoms with E-state index in [1.807, 2.05) is 60.8 Å². The molecule has 0 N–H and O–H groups in total. The Morgan fingerprint density at radius 3 is 2.53 bits per heavy atom. The largest absolute Gasteiger partial charge is 2.00 e. The molecule has 156 valence electrons. The molecule has 0 amide bonds. The van der Waals surface area contributed by atoms with Crippen molar-refractivity contribution >= 4 is 16.8 Å². The van der Waals surface area contributed by atoms with Crippen molar-refractivity contribution in [1.82, 2.24) is 9.97 Å². The van der Waals surface area contributed by atoms with Crippen LogP contribution in [0.4, 0.5) is 0 Å². The molecule has 5 aromatic rings. The topological polar surface area (TPSA) is 25.8 Å². The van der Waals surface area contributed by atoms with Gasteiger partial charge < -0.3 is 4.98 Å². The number of hydrogen-bond donors (Lipinski definition) is 0. The summed E-state index contributed by atoms with van der Waals surface area (Å²) in [4.78, 5) is 9.40. The fraction of sp³-hybridized carbons (Fsp3) is 0.0345. The van der Waals surface area contributed by atoms with Gasteiger partial charge in [0.2, 0.25) is 0 Å². The summed E-state index contributed by atoms with van der Waals surface area (Å²) in [5, 5.41) is 2.35. The van der Waals surface area contributed by atoms with Crippen molar-refractivity contribution in [3.63, 3.8) is 0 Å². The van der Waals surface area contributed by atoms with Crippen molar-refractivity contribution in [3.05, 3.63) is 126 Å². The second kappa shape index (κ2) is 9.85. The second-order valence-electron chi connectivity index (χ2n) is 7.44. The first-order valence-electron chi connectivity index (χ1n) is 10.3. The maximum absolute atomic E-state index is 4.80. The van der Waals surface area contributed by atoms with Gasteiger partial charge in [-0.25, -0.2) is 0 Å². The minimum absolute atomic E-state index is 0. The van der Waals surface area contributed by atoms with Crippen LogP contribution in [-0.4, -0.2) is 9.97 Å². The number of rotatable bonds is 4. The van der Waals surface area contributed by atoms with Gasteiger partial charge in [-0.2, -0.15) is 0 Å². The molecule has 0 aliphatic rings. The smallest absolute Gasteiger partial charge is 0.345 e. The molecule has 2 aromatic heterocycles. The van der Waals surface area contributed by atoms with Crippen LogP contribution in [0, 0.1) is 19.1 Å². The first-order chi connectivity index (χ1) is 15.3. The number of nitrogens with zero attached hydrogens (tertiary/aromatic N) is 2. The van der Waals surface area contributed by atoms with Gasteiger partial charge in [-0.15, -0.1) is 59.2 Å². The molecule has 0 unspecified atom stereocenters. The van der Waals surface area contributed by atoms with Crippen LogP contribution in [0.2, 0.25) is 0 Å². The van der Waals surface area contributed by atoms with E-state index in [2.05, 4.69) is 66.5 Å². The molecule has 2 heterocycles. The molecule has 0 aliphatic carbocycles. The standard InChI is InChI=1S/C29H20N2.Pt/c1-21-8-6-10-24(20-21)27-14-7-11-25(31-27)18-17-23-16-15-22-9-2-3-12-26(22)29(23)28-13-4-5-19-30-28;/h2-9,11-16,18-20H,1H3;/q-2;+2. The zero-order chi connectivity index (χ0) is 21.0. The van der Waals surface area contributed by atoms with Gasteiger partial charge in [0, 0.05) is 11.9 Å². The van der Waals surface area contributed by atoms with Gasteiger partial charge in [0.1, 0.15) is 0 Å². The van der Waals surface area contributed by atoms with Crippen molar-refractivity contribution in [2.24, 2.45) is 0 Å². The Bertz CT molecular complexity index is 1390. The van der Waals surface area contributed by atoms with E-state index in [1.54, 1.807) is 0 Å². The Balaban J connectivity index is 0.00000245. The second-order valence-corrected chi connectivity index (χ2v) is 7.44. The van der Waals surface area contributed by atoms with E-state index in [1.165, 1.54) is 10.9 Å². The number of benzene rings is 3. The summed E-state index contributed by atoms with van der Waals surface area (Å²) in [6.45, 7) is 2.08. The Morgan fingerprint density at radius 2 is 1.69 bits per heavy atom. The molecule has 0 radical (unpaired) electrons. The maximum Gasteiger partial charge on any atom is 2.00 e. The van der Waals surface area contributed by atoms with Crippen molar-refractivity contribution in [2.45, 2.75) is 6.92 Å². The van der Waals surface area contributed by atoms with Gasteiger partial charge >= 0.3 is 21.1 Å². The molecule has 0 atom stereocenters.